The molecule has 0 radical (unpaired) electrons. The van der Waals surface area contributed by atoms with Crippen molar-refractivity contribution in [3.05, 3.63) is 23.8 Å². The maximum atomic E-state index is 9.85. The van der Waals surface area contributed by atoms with Gasteiger partial charge in [-0.1, -0.05) is 12.5 Å². The Kier molecular flexibility index (Phi) is 5.36. The third-order valence-electron chi connectivity index (χ3n) is 4.88. The fourth-order valence-corrected chi connectivity index (χ4v) is 3.83. The molecular weight excluding hydrogens is 288 g/mol. The Morgan fingerprint density at radius 2 is 2.14 bits per heavy atom. The topological polar surface area (TPSA) is 58.7 Å². The molecule has 2 aliphatic rings. The molecule has 1 saturated heterocycles. The Morgan fingerprint density at radius 1 is 1.33 bits per heavy atom. The highest BCUT2D eigenvalue weighted by Crippen LogP contribution is 2.36. The number of nitrogens with two attached hydrogens (primary N) is 1. The van der Waals surface area contributed by atoms with Gasteiger partial charge in [0.05, 0.1) is 7.11 Å². The van der Waals surface area contributed by atoms with Crippen LogP contribution in [-0.2, 0) is 6.54 Å². The number of hydrogen-bond acceptors (Lipinski definition) is 4. The summed E-state index contributed by atoms with van der Waals surface area (Å²) in [5.74, 6) is 2.19. The van der Waals surface area contributed by atoms with Crippen molar-refractivity contribution in [2.45, 2.75) is 31.8 Å². The Hall–Kier alpha value is -0.970. The number of fused-ring (bicyclic) bond motifs is 1. The first kappa shape index (κ1) is 16.4. The van der Waals surface area contributed by atoms with E-state index in [9.17, 15) is 5.11 Å². The highest BCUT2D eigenvalue weighted by Gasteiger charge is 2.38. The van der Waals surface area contributed by atoms with E-state index in [1.54, 1.807) is 13.2 Å². The van der Waals surface area contributed by atoms with E-state index in [2.05, 4.69) is 4.90 Å². The average molecular weight is 313 g/mol. The van der Waals surface area contributed by atoms with Crippen LogP contribution in [0.2, 0.25) is 0 Å². The van der Waals surface area contributed by atoms with Crippen LogP contribution in [0.15, 0.2) is 18.2 Å². The monoisotopic (exact) mass is 312 g/mol. The number of phenols is 1. The Morgan fingerprint density at radius 3 is 2.81 bits per heavy atom. The van der Waals surface area contributed by atoms with Gasteiger partial charge in [0.15, 0.2) is 11.5 Å². The first-order valence-electron chi connectivity index (χ1n) is 7.51. The lowest BCUT2D eigenvalue weighted by Crippen LogP contribution is -2.38. The molecule has 1 heterocycles. The zero-order valence-corrected chi connectivity index (χ0v) is 13.3. The van der Waals surface area contributed by atoms with Gasteiger partial charge in [-0.3, -0.25) is 4.90 Å². The predicted molar refractivity (Wildman–Crippen MR) is 86.0 cm³/mol. The second-order valence-corrected chi connectivity index (χ2v) is 6.22. The number of aromatic hydroxyl groups is 1. The SMILES string of the molecule is COc1ccc(CN2CC3CCCC(N)C3C2)cc1O.Cl. The van der Waals surface area contributed by atoms with E-state index in [-0.39, 0.29) is 18.2 Å². The van der Waals surface area contributed by atoms with Crippen molar-refractivity contribution in [1.82, 2.24) is 4.90 Å². The number of rotatable bonds is 3. The van der Waals surface area contributed by atoms with Gasteiger partial charge in [-0.25, -0.2) is 0 Å². The van der Waals surface area contributed by atoms with E-state index < -0.39 is 0 Å². The summed E-state index contributed by atoms with van der Waals surface area (Å²) >= 11 is 0. The zero-order valence-electron chi connectivity index (χ0n) is 12.5. The molecule has 3 atom stereocenters. The summed E-state index contributed by atoms with van der Waals surface area (Å²) < 4.78 is 5.08. The van der Waals surface area contributed by atoms with Crippen LogP contribution in [0.1, 0.15) is 24.8 Å². The molecule has 0 aromatic heterocycles. The Bertz CT molecular complexity index is 483. The highest BCUT2D eigenvalue weighted by molar-refractivity contribution is 5.85. The van der Waals surface area contributed by atoms with Crippen molar-refractivity contribution in [3.63, 3.8) is 0 Å². The molecule has 21 heavy (non-hydrogen) atoms. The van der Waals surface area contributed by atoms with Gasteiger partial charge in [-0.15, -0.1) is 12.4 Å². The number of likely N-dealkylation sites (tertiary alicyclic amines) is 1. The van der Waals surface area contributed by atoms with Gasteiger partial charge in [0.1, 0.15) is 0 Å². The van der Waals surface area contributed by atoms with Gasteiger partial charge in [0.25, 0.3) is 0 Å². The van der Waals surface area contributed by atoms with Crippen LogP contribution in [0.4, 0.5) is 0 Å². The molecule has 2 fully saturated rings. The minimum atomic E-state index is 0. The molecule has 0 bridgehead atoms. The van der Waals surface area contributed by atoms with Crippen LogP contribution in [0.25, 0.3) is 0 Å². The summed E-state index contributed by atoms with van der Waals surface area (Å²) in [4.78, 5) is 2.47. The number of ether oxygens (including phenoxy) is 1. The molecule has 4 nitrogen and oxygen atoms in total. The Balaban J connectivity index is 0.00000161. The van der Waals surface area contributed by atoms with Crippen LogP contribution in [0.3, 0.4) is 0 Å². The molecule has 0 amide bonds. The molecule has 3 N–H and O–H groups in total. The summed E-state index contributed by atoms with van der Waals surface area (Å²) in [6.07, 6.45) is 3.78. The van der Waals surface area contributed by atoms with Crippen molar-refractivity contribution in [2.75, 3.05) is 20.2 Å². The minimum Gasteiger partial charge on any atom is -0.504 e. The van der Waals surface area contributed by atoms with Crippen molar-refractivity contribution < 1.29 is 9.84 Å². The molecule has 1 aliphatic heterocycles. The lowest BCUT2D eigenvalue weighted by molar-refractivity contribution is 0.259. The van der Waals surface area contributed by atoms with Crippen LogP contribution in [-0.4, -0.2) is 36.2 Å². The molecule has 5 heteroatoms. The molecule has 1 aliphatic carbocycles. The fraction of sp³-hybridized carbons (Fsp3) is 0.625. The van der Waals surface area contributed by atoms with Gasteiger partial charge in [0, 0.05) is 25.7 Å². The first-order chi connectivity index (χ1) is 9.67. The number of benzene rings is 1. The summed E-state index contributed by atoms with van der Waals surface area (Å²) in [6, 6.07) is 6.05. The number of phenolic OH excluding ortho intramolecular Hbond substituents is 1. The first-order valence-corrected chi connectivity index (χ1v) is 7.51. The quantitative estimate of drug-likeness (QED) is 0.899. The van der Waals surface area contributed by atoms with Gasteiger partial charge >= 0.3 is 0 Å². The number of hydrogen-bond donors (Lipinski definition) is 2. The van der Waals surface area contributed by atoms with Crippen LogP contribution < -0.4 is 10.5 Å². The normalized spacial score (nSPS) is 28.8. The van der Waals surface area contributed by atoms with E-state index in [0.29, 0.717) is 17.7 Å². The van der Waals surface area contributed by atoms with Gasteiger partial charge < -0.3 is 15.6 Å². The van der Waals surface area contributed by atoms with Crippen molar-refractivity contribution in [1.29, 1.82) is 0 Å². The molecule has 1 aromatic carbocycles. The second-order valence-electron chi connectivity index (χ2n) is 6.22. The van der Waals surface area contributed by atoms with E-state index >= 15 is 0 Å². The summed E-state index contributed by atoms with van der Waals surface area (Å²) in [5, 5.41) is 9.85. The highest BCUT2D eigenvalue weighted by atomic mass is 35.5. The third-order valence-corrected chi connectivity index (χ3v) is 4.88. The lowest BCUT2D eigenvalue weighted by Gasteiger charge is -2.29. The number of nitrogens with zero attached hydrogens (tertiary/aromatic N) is 1. The van der Waals surface area contributed by atoms with Crippen molar-refractivity contribution in [3.8, 4) is 11.5 Å². The van der Waals surface area contributed by atoms with Crippen LogP contribution in [0, 0.1) is 11.8 Å². The van der Waals surface area contributed by atoms with E-state index in [0.717, 1.165) is 31.1 Å². The van der Waals surface area contributed by atoms with E-state index in [1.807, 2.05) is 12.1 Å². The third kappa shape index (κ3) is 3.44. The van der Waals surface area contributed by atoms with Crippen LogP contribution in [0.5, 0.6) is 11.5 Å². The van der Waals surface area contributed by atoms with Crippen molar-refractivity contribution in [2.24, 2.45) is 17.6 Å². The average Bonchev–Trinajstić information content (AvgIpc) is 2.83. The molecule has 0 spiro atoms. The van der Waals surface area contributed by atoms with Gasteiger partial charge in [0.2, 0.25) is 0 Å². The minimum absolute atomic E-state index is 0. The van der Waals surface area contributed by atoms with Gasteiger partial charge in [-0.2, -0.15) is 0 Å². The summed E-state index contributed by atoms with van der Waals surface area (Å²) in [5.41, 5.74) is 7.39. The molecule has 118 valence electrons. The number of methoxy groups -OCH3 is 1. The predicted octanol–water partition coefficient (Wildman–Crippen LogP) is 2.38. The maximum Gasteiger partial charge on any atom is 0.160 e. The standard InChI is InChI=1S/C16H24N2O2.ClH/c1-20-16-6-5-11(7-15(16)19)8-18-9-12-3-2-4-14(17)13(12)10-18;/h5-7,12-14,19H,2-4,8-10,17H2,1H3;1H. The smallest absolute Gasteiger partial charge is 0.160 e. The second kappa shape index (κ2) is 6.86. The molecule has 1 saturated carbocycles. The van der Waals surface area contributed by atoms with Crippen molar-refractivity contribution >= 4 is 12.4 Å². The van der Waals surface area contributed by atoms with Gasteiger partial charge in [-0.05, 0) is 42.4 Å². The molecular formula is C16H25ClN2O2. The fourth-order valence-electron chi connectivity index (χ4n) is 3.83. The number of halogens is 1. The Labute approximate surface area is 132 Å². The lowest BCUT2D eigenvalue weighted by atomic mass is 9.78. The van der Waals surface area contributed by atoms with E-state index in [4.69, 9.17) is 10.5 Å². The zero-order chi connectivity index (χ0) is 14.1. The maximum absolute atomic E-state index is 9.85. The summed E-state index contributed by atoms with van der Waals surface area (Å²) in [7, 11) is 1.57. The molecule has 1 aromatic rings. The molecule has 3 rings (SSSR count). The summed E-state index contributed by atoms with van der Waals surface area (Å²) in [6.45, 7) is 3.13. The molecule has 3 unspecified atom stereocenters. The largest absolute Gasteiger partial charge is 0.504 e. The van der Waals surface area contributed by atoms with E-state index in [1.165, 1.54) is 19.3 Å². The van der Waals surface area contributed by atoms with Crippen LogP contribution >= 0.6 is 12.4 Å².